The van der Waals surface area contributed by atoms with Crippen molar-refractivity contribution < 1.29 is 33.3 Å². The highest BCUT2D eigenvalue weighted by atomic mass is 16.7. The maximum absolute atomic E-state index is 12.8. The van der Waals surface area contributed by atoms with Crippen LogP contribution in [0.15, 0.2) is 29.7 Å². The average molecular weight is 435 g/mol. The predicted molar refractivity (Wildman–Crippen MR) is 99.7 cm³/mol. The minimum atomic E-state index is -1.62. The maximum Gasteiger partial charge on any atom is 0.351 e. The van der Waals surface area contributed by atoms with Crippen LogP contribution in [-0.4, -0.2) is 66.6 Å². The molecule has 1 saturated heterocycles. The van der Waals surface area contributed by atoms with Gasteiger partial charge in [-0.15, -0.1) is 0 Å². The Hall–Kier alpha value is -3.61. The second-order valence-corrected chi connectivity index (χ2v) is 6.95. The van der Waals surface area contributed by atoms with E-state index in [1.165, 1.54) is 57.3 Å². The Labute approximate surface area is 175 Å². The second-order valence-electron chi connectivity index (χ2n) is 6.95. The van der Waals surface area contributed by atoms with Gasteiger partial charge in [0, 0.05) is 27.0 Å². The van der Waals surface area contributed by atoms with E-state index in [4.69, 9.17) is 18.9 Å². The number of ether oxygens (including phenoxy) is 4. The lowest BCUT2D eigenvalue weighted by Crippen LogP contribution is -2.51. The molecular weight excluding hydrogens is 414 g/mol. The van der Waals surface area contributed by atoms with Gasteiger partial charge >= 0.3 is 23.6 Å². The van der Waals surface area contributed by atoms with Gasteiger partial charge in [0.05, 0.1) is 0 Å². The zero-order valence-corrected chi connectivity index (χ0v) is 17.3. The molecule has 13 nitrogen and oxygen atoms in total. The van der Waals surface area contributed by atoms with Crippen LogP contribution in [0.4, 0.5) is 0 Å². The summed E-state index contributed by atoms with van der Waals surface area (Å²) in [6.45, 7) is 4.71. The standard InChI is InChI=1S/C18H21N5O8/c1-10(24)28-7-13-15(29-11(2)25)18(4,31-12(3)26)16(30-13)22-6-5-14(21-17(22)27)23-9-19-8-20-23/h5-6,8-9,13,15-16H,7H2,1-4H3/t13-,15-,16?,18-/m1/s1. The number of aromatic nitrogens is 5. The molecule has 0 amide bonds. The van der Waals surface area contributed by atoms with Gasteiger partial charge in [0.2, 0.25) is 0 Å². The van der Waals surface area contributed by atoms with E-state index in [0.717, 1.165) is 4.57 Å². The highest BCUT2D eigenvalue weighted by Gasteiger charge is 2.60. The summed E-state index contributed by atoms with van der Waals surface area (Å²) in [7, 11) is 0. The van der Waals surface area contributed by atoms with Crippen LogP contribution in [0.25, 0.3) is 5.82 Å². The molecule has 166 valence electrons. The van der Waals surface area contributed by atoms with Gasteiger partial charge in [0.25, 0.3) is 0 Å². The second kappa shape index (κ2) is 8.63. The van der Waals surface area contributed by atoms with Crippen molar-refractivity contribution in [3.63, 3.8) is 0 Å². The van der Waals surface area contributed by atoms with E-state index >= 15 is 0 Å². The fourth-order valence-electron chi connectivity index (χ4n) is 3.38. The highest BCUT2D eigenvalue weighted by Crippen LogP contribution is 2.42. The van der Waals surface area contributed by atoms with Crippen LogP contribution in [0.1, 0.15) is 33.9 Å². The van der Waals surface area contributed by atoms with E-state index in [0.29, 0.717) is 0 Å². The normalized spacial score (nSPS) is 25.1. The van der Waals surface area contributed by atoms with Gasteiger partial charge in [-0.3, -0.25) is 19.0 Å². The quantitative estimate of drug-likeness (QED) is 0.427. The third kappa shape index (κ3) is 4.60. The van der Waals surface area contributed by atoms with Gasteiger partial charge in [0.1, 0.15) is 25.4 Å². The van der Waals surface area contributed by atoms with Crippen LogP contribution in [0.3, 0.4) is 0 Å². The Morgan fingerprint density at radius 3 is 2.48 bits per heavy atom. The number of hydrogen-bond acceptors (Lipinski definition) is 11. The largest absolute Gasteiger partial charge is 0.463 e. The van der Waals surface area contributed by atoms with E-state index in [9.17, 15) is 19.2 Å². The van der Waals surface area contributed by atoms with Gasteiger partial charge in [-0.2, -0.15) is 10.1 Å². The van der Waals surface area contributed by atoms with Crippen molar-refractivity contribution in [1.29, 1.82) is 0 Å². The molecule has 3 heterocycles. The third-order valence-electron chi connectivity index (χ3n) is 4.53. The lowest BCUT2D eigenvalue weighted by atomic mass is 9.95. The zero-order valence-electron chi connectivity index (χ0n) is 17.3. The SMILES string of the molecule is CC(=O)OC[C@H]1OC(n2ccc(-n3cncn3)nc2=O)[C@](C)(OC(C)=O)[C@@H]1OC(C)=O. The molecule has 1 aliphatic heterocycles. The number of carbonyl (C=O) groups excluding carboxylic acids is 3. The van der Waals surface area contributed by atoms with E-state index in [1.807, 2.05) is 0 Å². The molecule has 13 heteroatoms. The fourth-order valence-corrected chi connectivity index (χ4v) is 3.38. The lowest BCUT2D eigenvalue weighted by molar-refractivity contribution is -0.185. The van der Waals surface area contributed by atoms with Crippen LogP contribution in [0.2, 0.25) is 0 Å². The predicted octanol–water partition coefficient (Wildman–Crippen LogP) is -0.462. The van der Waals surface area contributed by atoms with E-state index in [1.54, 1.807) is 0 Å². The summed E-state index contributed by atoms with van der Waals surface area (Å²) in [6, 6.07) is 1.48. The van der Waals surface area contributed by atoms with Crippen molar-refractivity contribution in [3.8, 4) is 5.82 Å². The molecule has 0 spiro atoms. The summed E-state index contributed by atoms with van der Waals surface area (Å²) < 4.78 is 24.1. The van der Waals surface area contributed by atoms with Crippen molar-refractivity contribution in [2.75, 3.05) is 6.61 Å². The third-order valence-corrected chi connectivity index (χ3v) is 4.53. The van der Waals surface area contributed by atoms with Gasteiger partial charge in [-0.1, -0.05) is 0 Å². The molecule has 1 unspecified atom stereocenters. The first kappa shape index (κ1) is 22.1. The summed E-state index contributed by atoms with van der Waals surface area (Å²) in [5, 5.41) is 3.91. The van der Waals surface area contributed by atoms with Gasteiger partial charge < -0.3 is 18.9 Å². The molecule has 1 aliphatic rings. The van der Waals surface area contributed by atoms with Crippen LogP contribution >= 0.6 is 0 Å². The summed E-state index contributed by atoms with van der Waals surface area (Å²) in [4.78, 5) is 55.4. The molecule has 4 atom stereocenters. The van der Waals surface area contributed by atoms with Crippen molar-refractivity contribution in [2.24, 2.45) is 0 Å². The number of esters is 3. The van der Waals surface area contributed by atoms with E-state index < -0.39 is 47.6 Å². The Morgan fingerprint density at radius 1 is 1.19 bits per heavy atom. The molecule has 3 rings (SSSR count). The molecular formula is C18H21N5O8. The number of rotatable bonds is 6. The Bertz CT molecular complexity index is 1040. The molecule has 0 N–H and O–H groups in total. The highest BCUT2D eigenvalue weighted by molar-refractivity contribution is 5.68. The van der Waals surface area contributed by atoms with E-state index in [2.05, 4.69) is 15.1 Å². The number of nitrogens with zero attached hydrogens (tertiary/aromatic N) is 5. The van der Waals surface area contributed by atoms with Gasteiger partial charge in [-0.25, -0.2) is 14.5 Å². The van der Waals surface area contributed by atoms with Crippen molar-refractivity contribution in [3.05, 3.63) is 35.4 Å². The van der Waals surface area contributed by atoms with Crippen molar-refractivity contribution in [2.45, 2.75) is 51.7 Å². The minimum absolute atomic E-state index is 0.207. The van der Waals surface area contributed by atoms with Crippen LogP contribution in [0.5, 0.6) is 0 Å². The molecule has 0 bridgehead atoms. The van der Waals surface area contributed by atoms with Crippen LogP contribution in [0, 0.1) is 0 Å². The Kier molecular flexibility index (Phi) is 6.15. The first-order valence-corrected chi connectivity index (χ1v) is 9.21. The molecule has 31 heavy (non-hydrogen) atoms. The van der Waals surface area contributed by atoms with E-state index in [-0.39, 0.29) is 12.4 Å². The number of hydrogen-bond donors (Lipinski definition) is 0. The Morgan fingerprint density at radius 2 is 1.94 bits per heavy atom. The maximum atomic E-state index is 12.8. The molecule has 1 fully saturated rings. The summed E-state index contributed by atoms with van der Waals surface area (Å²) in [5.74, 6) is -1.74. The molecule has 0 aliphatic carbocycles. The lowest BCUT2D eigenvalue weighted by Gasteiger charge is -2.34. The first-order valence-electron chi connectivity index (χ1n) is 9.21. The van der Waals surface area contributed by atoms with Gasteiger partial charge in [0.15, 0.2) is 23.8 Å². The summed E-state index contributed by atoms with van der Waals surface area (Å²) >= 11 is 0. The van der Waals surface area contributed by atoms with Crippen LogP contribution in [-0.2, 0) is 33.3 Å². The van der Waals surface area contributed by atoms with Crippen LogP contribution < -0.4 is 5.69 Å². The zero-order chi connectivity index (χ0) is 22.8. The molecule has 2 aromatic rings. The topological polar surface area (TPSA) is 154 Å². The molecule has 0 saturated carbocycles. The summed E-state index contributed by atoms with van der Waals surface area (Å²) in [5.41, 5.74) is -2.37. The average Bonchev–Trinajstić information content (AvgIpc) is 3.28. The Balaban J connectivity index is 2.03. The van der Waals surface area contributed by atoms with Crippen molar-refractivity contribution >= 4 is 17.9 Å². The van der Waals surface area contributed by atoms with Gasteiger partial charge in [-0.05, 0) is 13.0 Å². The molecule has 0 aromatic carbocycles. The number of carbonyl (C=O) groups is 3. The fraction of sp³-hybridized carbons (Fsp3) is 0.500. The smallest absolute Gasteiger partial charge is 0.351 e. The monoisotopic (exact) mass is 435 g/mol. The summed E-state index contributed by atoms with van der Waals surface area (Å²) in [6.07, 6.45) is 0.620. The molecule has 0 radical (unpaired) electrons. The minimum Gasteiger partial charge on any atom is -0.463 e. The first-order chi connectivity index (χ1) is 14.6. The molecule has 2 aromatic heterocycles. The van der Waals surface area contributed by atoms with Crippen molar-refractivity contribution in [1.82, 2.24) is 24.3 Å².